The molecule has 4 nitrogen and oxygen atoms in total. The average Bonchev–Trinajstić information content (AvgIpc) is 2.50. The molecule has 0 spiro atoms. The molecule has 0 heterocycles. The van der Waals surface area contributed by atoms with Crippen LogP contribution in [0.15, 0.2) is 49.1 Å². The van der Waals surface area contributed by atoms with Crippen molar-refractivity contribution in [3.05, 3.63) is 54.6 Å². The van der Waals surface area contributed by atoms with Gasteiger partial charge in [-0.15, -0.1) is 0 Å². The van der Waals surface area contributed by atoms with Gasteiger partial charge in [-0.05, 0) is 11.3 Å². The minimum atomic E-state index is -1.62. The summed E-state index contributed by atoms with van der Waals surface area (Å²) in [5.41, 5.74) is 0.867. The van der Waals surface area contributed by atoms with Crippen molar-refractivity contribution in [3.8, 4) is 5.75 Å². The van der Waals surface area contributed by atoms with Gasteiger partial charge in [-0.2, -0.15) is 0 Å². The largest absolute Gasteiger partial charge is 0.466 e. The van der Waals surface area contributed by atoms with Gasteiger partial charge in [-0.1, -0.05) is 56.6 Å². The van der Waals surface area contributed by atoms with E-state index in [1.807, 2.05) is 12.1 Å². The van der Waals surface area contributed by atoms with E-state index in [0.29, 0.717) is 5.75 Å². The van der Waals surface area contributed by atoms with E-state index < -0.39 is 20.0 Å². The summed E-state index contributed by atoms with van der Waals surface area (Å²) < 4.78 is 9.82. The Bertz CT molecular complexity index is 651. The van der Waals surface area contributed by atoms with Crippen molar-refractivity contribution in [1.82, 2.24) is 0 Å². The summed E-state index contributed by atoms with van der Waals surface area (Å²) in [5.74, 6) is -0.775. The third-order valence-electron chi connectivity index (χ3n) is 3.04. The van der Waals surface area contributed by atoms with Crippen LogP contribution in [0.5, 0.6) is 5.75 Å². The number of hydrogen-bond acceptors (Lipinski definition) is 4. The quantitative estimate of drug-likeness (QED) is 0.264. The van der Waals surface area contributed by atoms with Crippen molar-refractivity contribution < 1.29 is 19.1 Å². The predicted molar refractivity (Wildman–Crippen MR) is 95.4 cm³/mol. The van der Waals surface area contributed by atoms with Gasteiger partial charge < -0.3 is 9.47 Å². The maximum atomic E-state index is 11.9. The van der Waals surface area contributed by atoms with Gasteiger partial charge in [0.15, 0.2) is 0 Å². The van der Waals surface area contributed by atoms with Crippen molar-refractivity contribution in [2.75, 3.05) is 7.11 Å². The molecule has 1 aromatic rings. The van der Waals surface area contributed by atoms with Gasteiger partial charge in [0.2, 0.25) is 0 Å². The third-order valence-corrected chi connectivity index (χ3v) is 5.09. The van der Waals surface area contributed by atoms with Gasteiger partial charge in [0.1, 0.15) is 5.75 Å². The number of carbonyl (C=O) groups is 2. The van der Waals surface area contributed by atoms with E-state index in [9.17, 15) is 9.59 Å². The van der Waals surface area contributed by atoms with E-state index in [4.69, 9.17) is 4.74 Å². The first-order valence-electron chi connectivity index (χ1n) is 7.20. The lowest BCUT2D eigenvalue weighted by Crippen LogP contribution is -2.39. The first kappa shape index (κ1) is 18.6. The Morgan fingerprint density at radius 1 is 1.13 bits per heavy atom. The number of methoxy groups -OCH3 is 1. The van der Waals surface area contributed by atoms with Crippen LogP contribution < -0.4 is 9.92 Å². The second-order valence-corrected chi connectivity index (χ2v) is 10.9. The molecule has 0 amide bonds. The minimum Gasteiger partial charge on any atom is -0.466 e. The Balaban J connectivity index is 3.18. The van der Waals surface area contributed by atoms with Crippen LogP contribution in [0, 0.1) is 0 Å². The standard InChI is InChI=1S/C18H22O4Si/c1-6-7-9-14-15(10-8-11-16(14)23(3,4)5)22-18(20)13-12-17(19)21-2/h6-13H,1H2,2-5H3/b9-7+,13-12+. The number of esters is 2. The van der Waals surface area contributed by atoms with E-state index >= 15 is 0 Å². The highest BCUT2D eigenvalue weighted by Crippen LogP contribution is 2.21. The topological polar surface area (TPSA) is 52.6 Å². The van der Waals surface area contributed by atoms with Crippen molar-refractivity contribution in [3.63, 3.8) is 0 Å². The Morgan fingerprint density at radius 3 is 2.35 bits per heavy atom. The second kappa shape index (κ2) is 8.29. The number of carbonyl (C=O) groups excluding carboxylic acids is 2. The zero-order valence-electron chi connectivity index (χ0n) is 14.0. The van der Waals surface area contributed by atoms with Gasteiger partial charge >= 0.3 is 11.9 Å². The Kier molecular flexibility index (Phi) is 6.72. The first-order valence-corrected chi connectivity index (χ1v) is 10.7. The molecule has 0 saturated heterocycles. The summed E-state index contributed by atoms with van der Waals surface area (Å²) in [6, 6.07) is 5.65. The lowest BCUT2D eigenvalue weighted by atomic mass is 10.2. The van der Waals surface area contributed by atoms with Crippen LogP contribution >= 0.6 is 0 Å². The van der Waals surface area contributed by atoms with Crippen LogP contribution in [0.1, 0.15) is 5.56 Å². The van der Waals surface area contributed by atoms with Crippen molar-refractivity contribution in [2.45, 2.75) is 19.6 Å². The van der Waals surface area contributed by atoms with E-state index in [-0.39, 0.29) is 0 Å². The van der Waals surface area contributed by atoms with Gasteiger partial charge in [0.25, 0.3) is 0 Å². The van der Waals surface area contributed by atoms with Gasteiger partial charge in [-0.3, -0.25) is 0 Å². The van der Waals surface area contributed by atoms with Crippen molar-refractivity contribution >= 4 is 31.3 Å². The smallest absolute Gasteiger partial charge is 0.336 e. The molecule has 0 radical (unpaired) electrons. The van der Waals surface area contributed by atoms with Gasteiger partial charge in [-0.25, -0.2) is 9.59 Å². The fourth-order valence-corrected chi connectivity index (χ4v) is 3.58. The molecule has 0 aliphatic carbocycles. The van der Waals surface area contributed by atoms with E-state index in [2.05, 4.69) is 37.0 Å². The lowest BCUT2D eigenvalue weighted by molar-refractivity contribution is -0.135. The van der Waals surface area contributed by atoms with E-state index in [1.54, 1.807) is 18.2 Å². The maximum Gasteiger partial charge on any atom is 0.336 e. The second-order valence-electron chi connectivity index (χ2n) is 5.84. The van der Waals surface area contributed by atoms with Crippen LogP contribution in [0.25, 0.3) is 6.08 Å². The average molecular weight is 330 g/mol. The first-order chi connectivity index (χ1) is 10.8. The zero-order valence-corrected chi connectivity index (χ0v) is 15.0. The van der Waals surface area contributed by atoms with Crippen molar-refractivity contribution in [1.29, 1.82) is 0 Å². The highest BCUT2D eigenvalue weighted by molar-refractivity contribution is 6.89. The number of rotatable bonds is 6. The summed E-state index contributed by atoms with van der Waals surface area (Å²) in [7, 11) is -0.378. The summed E-state index contributed by atoms with van der Waals surface area (Å²) in [5, 5.41) is 1.18. The maximum absolute atomic E-state index is 11.9. The Morgan fingerprint density at radius 2 is 1.78 bits per heavy atom. The van der Waals surface area contributed by atoms with Crippen molar-refractivity contribution in [2.24, 2.45) is 0 Å². The summed E-state index contributed by atoms with van der Waals surface area (Å²) >= 11 is 0. The van der Waals surface area contributed by atoms with Crippen LogP contribution in [0.4, 0.5) is 0 Å². The van der Waals surface area contributed by atoms with Crippen LogP contribution in [-0.2, 0) is 14.3 Å². The van der Waals surface area contributed by atoms with Gasteiger partial charge in [0, 0.05) is 17.7 Å². The van der Waals surface area contributed by atoms with Crippen LogP contribution in [0.2, 0.25) is 19.6 Å². The number of ether oxygens (including phenoxy) is 2. The molecule has 1 aromatic carbocycles. The molecule has 1 rings (SSSR count). The molecule has 23 heavy (non-hydrogen) atoms. The molecule has 0 bridgehead atoms. The number of hydrogen-bond donors (Lipinski definition) is 0. The molecule has 0 atom stereocenters. The molecular weight excluding hydrogens is 308 g/mol. The minimum absolute atomic E-state index is 0.461. The highest BCUT2D eigenvalue weighted by Gasteiger charge is 2.22. The molecule has 0 unspecified atom stereocenters. The fourth-order valence-electron chi connectivity index (χ4n) is 1.97. The summed E-state index contributed by atoms with van der Waals surface area (Å²) in [6.45, 7) is 10.3. The predicted octanol–water partition coefficient (Wildman–Crippen LogP) is 3.07. The van der Waals surface area contributed by atoms with E-state index in [0.717, 1.165) is 17.7 Å². The lowest BCUT2D eigenvalue weighted by Gasteiger charge is -2.21. The third kappa shape index (κ3) is 5.71. The Labute approximate surface area is 138 Å². The molecule has 0 saturated carbocycles. The monoisotopic (exact) mass is 330 g/mol. The SMILES string of the molecule is C=C/C=C/c1c(OC(=O)/C=C/C(=O)OC)cccc1[Si](C)(C)C. The molecule has 0 N–H and O–H groups in total. The molecule has 5 heteroatoms. The summed E-state index contributed by atoms with van der Waals surface area (Å²) in [4.78, 5) is 22.9. The van der Waals surface area contributed by atoms with Crippen LogP contribution in [-0.4, -0.2) is 27.1 Å². The van der Waals surface area contributed by atoms with Crippen LogP contribution in [0.3, 0.4) is 0 Å². The fraction of sp³-hybridized carbons (Fsp3) is 0.222. The van der Waals surface area contributed by atoms with Gasteiger partial charge in [0.05, 0.1) is 15.2 Å². The molecule has 0 aliphatic rings. The highest BCUT2D eigenvalue weighted by atomic mass is 28.3. The molecule has 0 fully saturated rings. The number of benzene rings is 1. The number of allylic oxidation sites excluding steroid dienone is 2. The molecule has 0 aromatic heterocycles. The Hall–Kier alpha value is -2.40. The zero-order chi connectivity index (χ0) is 17.5. The van der Waals surface area contributed by atoms with E-state index in [1.165, 1.54) is 12.3 Å². The molecular formula is C18H22O4Si. The summed E-state index contributed by atoms with van der Waals surface area (Å²) in [6.07, 6.45) is 7.44. The molecule has 0 aliphatic heterocycles. The normalized spacial score (nSPS) is 11.7. The molecule has 122 valence electrons.